The van der Waals surface area contributed by atoms with Gasteiger partial charge in [-0.25, -0.2) is 5.84 Å². The highest BCUT2D eigenvalue weighted by molar-refractivity contribution is 5.91. The average Bonchev–Trinajstić information content (AvgIpc) is 2.30. The minimum Gasteiger partial charge on any atom is -0.359 e. The van der Waals surface area contributed by atoms with Gasteiger partial charge < -0.3 is 5.21 Å². The van der Waals surface area contributed by atoms with Gasteiger partial charge >= 0.3 is 5.91 Å². The summed E-state index contributed by atoms with van der Waals surface area (Å²) >= 11 is 0. The van der Waals surface area contributed by atoms with E-state index in [4.69, 9.17) is 5.84 Å². The van der Waals surface area contributed by atoms with Crippen molar-refractivity contribution in [2.45, 2.75) is 6.92 Å². The molecule has 3 N–H and O–H groups in total. The van der Waals surface area contributed by atoms with Gasteiger partial charge in [-0.05, 0) is 4.90 Å². The summed E-state index contributed by atoms with van der Waals surface area (Å²) in [5.74, 6) is 4.06. The lowest BCUT2D eigenvalue weighted by atomic mass is 10.3. The Labute approximate surface area is 61.3 Å². The number of hydrazine groups is 1. The zero-order chi connectivity index (χ0) is 8.43. The Balaban J connectivity index is 3.10. The van der Waals surface area contributed by atoms with E-state index in [1.54, 1.807) is 5.43 Å². The third kappa shape index (κ3) is 1.13. The third-order valence-corrected chi connectivity index (χ3v) is 1.12. The number of hydrogen-bond acceptors (Lipinski definition) is 5. The molecular weight excluding hydrogens is 152 g/mol. The smallest absolute Gasteiger partial charge is 0.313 e. The van der Waals surface area contributed by atoms with Crippen LogP contribution in [0.3, 0.4) is 0 Å². The lowest BCUT2D eigenvalue weighted by Crippen LogP contribution is -2.40. The molecule has 7 heteroatoms. The maximum Gasteiger partial charge on any atom is 0.313 e. The Morgan fingerprint density at radius 3 is 2.91 bits per heavy atom. The first kappa shape index (κ1) is 7.48. The number of nitrogens with zero attached hydrogens (tertiary/aromatic N) is 2. The highest BCUT2D eigenvalue weighted by Crippen LogP contribution is 1.96. The van der Waals surface area contributed by atoms with Crippen LogP contribution in [0.15, 0.2) is 4.63 Å². The van der Waals surface area contributed by atoms with Crippen LogP contribution in [0.5, 0.6) is 0 Å². The molecule has 0 aliphatic heterocycles. The van der Waals surface area contributed by atoms with Crippen LogP contribution in [-0.2, 0) is 0 Å². The van der Waals surface area contributed by atoms with Gasteiger partial charge in [-0.3, -0.25) is 14.8 Å². The van der Waals surface area contributed by atoms with Crippen molar-refractivity contribution in [1.82, 2.24) is 10.6 Å². The largest absolute Gasteiger partial charge is 0.359 e. The fourth-order valence-electron chi connectivity index (χ4n) is 0.630. The second-order valence-corrected chi connectivity index (χ2v) is 1.84. The van der Waals surface area contributed by atoms with E-state index in [1.807, 2.05) is 0 Å². The molecule has 0 aliphatic carbocycles. The average molecular weight is 158 g/mol. The van der Waals surface area contributed by atoms with E-state index < -0.39 is 5.91 Å². The first-order valence-electron chi connectivity index (χ1n) is 2.74. The highest BCUT2D eigenvalue weighted by atomic mass is 16.8. The Morgan fingerprint density at radius 1 is 1.91 bits per heavy atom. The monoisotopic (exact) mass is 158 g/mol. The zero-order valence-corrected chi connectivity index (χ0v) is 5.70. The number of nitrogen functional groups attached to an aromatic ring is 1. The molecule has 0 fully saturated rings. The molecule has 1 amide bonds. The number of nitrogens with one attached hydrogen (secondary N) is 1. The fraction of sp³-hybridized carbons (Fsp3) is 0.250. The predicted molar refractivity (Wildman–Crippen MR) is 31.9 cm³/mol. The Bertz CT molecular complexity index is 261. The summed E-state index contributed by atoms with van der Waals surface area (Å²) in [4.78, 5) is 10.8. The molecule has 0 aliphatic rings. The van der Waals surface area contributed by atoms with Crippen LogP contribution in [0.1, 0.15) is 16.2 Å². The topological polar surface area (TPSA) is 108 Å². The van der Waals surface area contributed by atoms with Crippen LogP contribution in [0.4, 0.5) is 0 Å². The molecule has 11 heavy (non-hydrogen) atoms. The van der Waals surface area contributed by atoms with Crippen molar-refractivity contribution in [3.05, 3.63) is 16.6 Å². The van der Waals surface area contributed by atoms with Crippen molar-refractivity contribution in [2.75, 3.05) is 0 Å². The quantitative estimate of drug-likeness (QED) is 0.217. The van der Waals surface area contributed by atoms with Crippen molar-refractivity contribution < 1.29 is 14.3 Å². The molecule has 1 aromatic rings. The molecule has 7 nitrogen and oxygen atoms in total. The standard InChI is InChI=1S/C4H6N4O3/c1-2-3(4(9)6-5)8(10)11-7-2/h5H2,1H3,(H,6,9). The summed E-state index contributed by atoms with van der Waals surface area (Å²) < 4.78 is 4.11. The molecule has 1 heterocycles. The normalized spacial score (nSPS) is 9.64. The van der Waals surface area contributed by atoms with Gasteiger partial charge in [0.15, 0.2) is 0 Å². The Hall–Kier alpha value is -1.63. The van der Waals surface area contributed by atoms with E-state index in [0.717, 1.165) is 0 Å². The van der Waals surface area contributed by atoms with Crippen LogP contribution in [-0.4, -0.2) is 11.1 Å². The number of aryl methyl sites for hydroxylation is 1. The van der Waals surface area contributed by atoms with Gasteiger partial charge in [-0.15, -0.1) is 0 Å². The number of carbonyl (C=O) groups is 1. The lowest BCUT2D eigenvalue weighted by molar-refractivity contribution is -0.803. The molecule has 0 aromatic carbocycles. The number of nitrogens with two attached hydrogens (primary N) is 1. The van der Waals surface area contributed by atoms with Crippen molar-refractivity contribution in [2.24, 2.45) is 5.84 Å². The van der Waals surface area contributed by atoms with E-state index in [-0.39, 0.29) is 16.3 Å². The fourth-order valence-corrected chi connectivity index (χ4v) is 0.630. The van der Waals surface area contributed by atoms with Crippen LogP contribution in [0.25, 0.3) is 0 Å². The van der Waals surface area contributed by atoms with E-state index >= 15 is 0 Å². The van der Waals surface area contributed by atoms with Gasteiger partial charge in [-0.1, -0.05) is 0 Å². The molecule has 60 valence electrons. The number of rotatable bonds is 1. The van der Waals surface area contributed by atoms with Crippen LogP contribution < -0.4 is 16.2 Å². The molecule has 1 rings (SSSR count). The summed E-state index contributed by atoms with van der Waals surface area (Å²) in [6.07, 6.45) is 0. The minimum atomic E-state index is -0.723. The van der Waals surface area contributed by atoms with E-state index in [1.165, 1.54) is 6.92 Å². The van der Waals surface area contributed by atoms with Crippen molar-refractivity contribution in [3.8, 4) is 0 Å². The van der Waals surface area contributed by atoms with Gasteiger partial charge in [0.05, 0.1) is 0 Å². The summed E-state index contributed by atoms with van der Waals surface area (Å²) in [6.45, 7) is 1.46. The van der Waals surface area contributed by atoms with E-state index in [0.29, 0.717) is 0 Å². The van der Waals surface area contributed by atoms with Gasteiger partial charge in [-0.2, -0.15) is 0 Å². The zero-order valence-electron chi connectivity index (χ0n) is 5.70. The number of hydrogen-bond donors (Lipinski definition) is 2. The Kier molecular flexibility index (Phi) is 1.73. The van der Waals surface area contributed by atoms with Crippen molar-refractivity contribution in [3.63, 3.8) is 0 Å². The molecule has 0 atom stereocenters. The maximum atomic E-state index is 10.8. The number of amides is 1. The lowest BCUT2D eigenvalue weighted by Gasteiger charge is -1.92. The molecule has 0 radical (unpaired) electrons. The van der Waals surface area contributed by atoms with Gasteiger partial charge in [0, 0.05) is 12.1 Å². The number of carbonyl (C=O) groups excluding carboxylic acids is 1. The molecule has 0 saturated carbocycles. The molecule has 0 bridgehead atoms. The summed E-state index contributed by atoms with van der Waals surface area (Å²) in [6, 6.07) is 0. The molecule has 1 aromatic heterocycles. The van der Waals surface area contributed by atoms with Crippen LogP contribution in [0.2, 0.25) is 0 Å². The minimum absolute atomic E-state index is 0.00245. The van der Waals surface area contributed by atoms with Gasteiger partial charge in [0.2, 0.25) is 5.69 Å². The van der Waals surface area contributed by atoms with E-state index in [2.05, 4.69) is 9.79 Å². The molecule has 0 spiro atoms. The Morgan fingerprint density at radius 2 is 2.55 bits per heavy atom. The molecule has 0 unspecified atom stereocenters. The van der Waals surface area contributed by atoms with Crippen LogP contribution in [0, 0.1) is 12.1 Å². The second-order valence-electron chi connectivity index (χ2n) is 1.84. The van der Waals surface area contributed by atoms with Crippen molar-refractivity contribution >= 4 is 5.91 Å². The number of aromatic nitrogens is 2. The molecule has 0 saturated heterocycles. The highest BCUT2D eigenvalue weighted by Gasteiger charge is 2.21. The first-order chi connectivity index (χ1) is 5.16. The van der Waals surface area contributed by atoms with E-state index in [9.17, 15) is 10.0 Å². The SMILES string of the molecule is Cc1no[n+]([O-])c1C(=O)NN. The first-order valence-corrected chi connectivity index (χ1v) is 2.74. The maximum absolute atomic E-state index is 10.8. The molecular formula is C4H6N4O3. The second kappa shape index (κ2) is 2.54. The predicted octanol–water partition coefficient (Wildman–Crippen LogP) is -1.78. The van der Waals surface area contributed by atoms with Crippen molar-refractivity contribution in [1.29, 1.82) is 0 Å². The van der Waals surface area contributed by atoms with Gasteiger partial charge in [0.1, 0.15) is 0 Å². The summed E-state index contributed by atoms with van der Waals surface area (Å²) in [7, 11) is 0. The summed E-state index contributed by atoms with van der Waals surface area (Å²) in [5.41, 5.74) is 1.76. The summed E-state index contributed by atoms with van der Waals surface area (Å²) in [5, 5.41) is 13.9. The van der Waals surface area contributed by atoms with Crippen LogP contribution >= 0.6 is 0 Å². The third-order valence-electron chi connectivity index (χ3n) is 1.12. The van der Waals surface area contributed by atoms with Gasteiger partial charge in [0.25, 0.3) is 5.69 Å².